The molecule has 2 aromatic rings. The molecule has 0 amide bonds. The maximum Gasteiger partial charge on any atom is 0.148 e. The second kappa shape index (κ2) is 3.50. The minimum atomic E-state index is 0.397. The normalized spacial score (nSPS) is 9.93. The lowest BCUT2D eigenvalue weighted by atomic mass is 10.3. The minimum absolute atomic E-state index is 0.397. The molecule has 0 aliphatic carbocycles. The summed E-state index contributed by atoms with van der Waals surface area (Å²) in [6, 6.07) is 5.43. The summed E-state index contributed by atoms with van der Waals surface area (Å²) in [6.07, 6.45) is 1.61. The van der Waals surface area contributed by atoms with Gasteiger partial charge in [-0.05, 0) is 26.0 Å². The van der Waals surface area contributed by atoms with E-state index in [4.69, 9.17) is 5.26 Å². The fraction of sp³-hybridized carbons (Fsp3) is 0.200. The van der Waals surface area contributed by atoms with Crippen LogP contribution in [0.15, 0.2) is 18.3 Å². The smallest absolute Gasteiger partial charge is 0.148 e. The molecule has 74 valence electrons. The maximum atomic E-state index is 8.61. The van der Waals surface area contributed by atoms with Crippen molar-refractivity contribution in [1.82, 2.24) is 19.7 Å². The van der Waals surface area contributed by atoms with Gasteiger partial charge >= 0.3 is 0 Å². The molecule has 0 spiro atoms. The molecule has 0 saturated carbocycles. The molecule has 5 nitrogen and oxygen atoms in total. The molecule has 0 atom stereocenters. The highest BCUT2D eigenvalue weighted by atomic mass is 15.3. The molecule has 0 N–H and O–H groups in total. The number of aryl methyl sites for hydroxylation is 2. The quantitative estimate of drug-likeness (QED) is 0.691. The third-order valence-corrected chi connectivity index (χ3v) is 1.98. The summed E-state index contributed by atoms with van der Waals surface area (Å²) in [6.45, 7) is 3.71. The predicted octanol–water partition coefficient (Wildman–Crippen LogP) is 1.15. The molecule has 15 heavy (non-hydrogen) atoms. The van der Waals surface area contributed by atoms with Gasteiger partial charge in [0.15, 0.2) is 0 Å². The van der Waals surface area contributed by atoms with E-state index in [0.29, 0.717) is 5.69 Å². The lowest BCUT2D eigenvalue weighted by Crippen LogP contribution is -2.00. The molecule has 0 aromatic carbocycles. The summed E-state index contributed by atoms with van der Waals surface area (Å²) in [7, 11) is 0. The van der Waals surface area contributed by atoms with Crippen molar-refractivity contribution < 1.29 is 0 Å². The summed E-state index contributed by atoms with van der Waals surface area (Å²) in [5.74, 6) is 1.52. The Morgan fingerprint density at radius 3 is 2.60 bits per heavy atom. The Morgan fingerprint density at radius 1 is 1.33 bits per heavy atom. The first-order valence-corrected chi connectivity index (χ1v) is 4.47. The first kappa shape index (κ1) is 9.34. The maximum absolute atomic E-state index is 8.61. The minimum Gasteiger partial charge on any atom is -0.243 e. The highest BCUT2D eigenvalue weighted by Crippen LogP contribution is 2.08. The highest BCUT2D eigenvalue weighted by molar-refractivity contribution is 5.32. The van der Waals surface area contributed by atoms with E-state index in [9.17, 15) is 0 Å². The van der Waals surface area contributed by atoms with Crippen molar-refractivity contribution in [3.05, 3.63) is 35.7 Å². The van der Waals surface area contributed by atoms with Crippen molar-refractivity contribution in [3.8, 4) is 11.8 Å². The Hall–Kier alpha value is -2.22. The van der Waals surface area contributed by atoms with Gasteiger partial charge < -0.3 is 0 Å². The molecule has 0 aliphatic rings. The number of pyridine rings is 1. The second-order valence-corrected chi connectivity index (χ2v) is 3.13. The summed E-state index contributed by atoms with van der Waals surface area (Å²) >= 11 is 0. The van der Waals surface area contributed by atoms with E-state index in [1.165, 1.54) is 0 Å². The van der Waals surface area contributed by atoms with E-state index in [0.717, 1.165) is 17.3 Å². The van der Waals surface area contributed by atoms with Crippen LogP contribution in [0.25, 0.3) is 5.69 Å². The van der Waals surface area contributed by atoms with Crippen LogP contribution >= 0.6 is 0 Å². The lowest BCUT2D eigenvalue weighted by Gasteiger charge is -2.01. The summed E-state index contributed by atoms with van der Waals surface area (Å²) in [5.41, 5.74) is 1.21. The van der Waals surface area contributed by atoms with Crippen molar-refractivity contribution in [2.75, 3.05) is 0 Å². The predicted molar refractivity (Wildman–Crippen MR) is 53.3 cm³/mol. The molecule has 0 saturated heterocycles. The molecule has 2 aromatic heterocycles. The van der Waals surface area contributed by atoms with Gasteiger partial charge in [0.05, 0.1) is 11.9 Å². The Bertz CT molecular complexity index is 518. The number of aromatic nitrogens is 4. The molecule has 0 fully saturated rings. The van der Waals surface area contributed by atoms with E-state index < -0.39 is 0 Å². The zero-order valence-corrected chi connectivity index (χ0v) is 8.47. The highest BCUT2D eigenvalue weighted by Gasteiger charge is 2.04. The third kappa shape index (κ3) is 1.70. The van der Waals surface area contributed by atoms with Crippen LogP contribution in [0.4, 0.5) is 0 Å². The summed E-state index contributed by atoms with van der Waals surface area (Å²) in [5, 5.41) is 12.8. The zero-order chi connectivity index (χ0) is 10.8. The number of nitriles is 1. The Balaban J connectivity index is 2.46. The standard InChI is InChI=1S/C10H9N5/c1-7-13-8(2)15(14-7)10-4-3-9(5-11)12-6-10/h3-4,6H,1-2H3. The number of hydrogen-bond donors (Lipinski definition) is 0. The van der Waals surface area contributed by atoms with E-state index in [-0.39, 0.29) is 0 Å². The van der Waals surface area contributed by atoms with Gasteiger partial charge in [0.1, 0.15) is 23.4 Å². The fourth-order valence-corrected chi connectivity index (χ4v) is 1.34. The first-order chi connectivity index (χ1) is 7.20. The summed E-state index contributed by atoms with van der Waals surface area (Å²) < 4.78 is 1.70. The third-order valence-electron chi connectivity index (χ3n) is 1.98. The molecule has 2 rings (SSSR count). The van der Waals surface area contributed by atoms with Gasteiger partial charge in [-0.2, -0.15) is 10.4 Å². The van der Waals surface area contributed by atoms with Crippen LogP contribution in [-0.2, 0) is 0 Å². The molecule has 0 unspecified atom stereocenters. The Kier molecular flexibility index (Phi) is 2.18. The van der Waals surface area contributed by atoms with Gasteiger partial charge in [-0.3, -0.25) is 0 Å². The van der Waals surface area contributed by atoms with Crippen molar-refractivity contribution in [3.63, 3.8) is 0 Å². The van der Waals surface area contributed by atoms with Crippen LogP contribution < -0.4 is 0 Å². The topological polar surface area (TPSA) is 67.4 Å². The van der Waals surface area contributed by atoms with Crippen molar-refractivity contribution in [2.24, 2.45) is 0 Å². The van der Waals surface area contributed by atoms with E-state index in [1.807, 2.05) is 19.9 Å². The Morgan fingerprint density at radius 2 is 2.13 bits per heavy atom. The first-order valence-electron chi connectivity index (χ1n) is 4.47. The van der Waals surface area contributed by atoms with Crippen LogP contribution in [-0.4, -0.2) is 19.7 Å². The molecule has 2 heterocycles. The van der Waals surface area contributed by atoms with Crippen molar-refractivity contribution >= 4 is 0 Å². The van der Waals surface area contributed by atoms with Crippen LogP contribution in [0.3, 0.4) is 0 Å². The van der Waals surface area contributed by atoms with Crippen molar-refractivity contribution in [2.45, 2.75) is 13.8 Å². The van der Waals surface area contributed by atoms with Crippen molar-refractivity contribution in [1.29, 1.82) is 5.26 Å². The average Bonchev–Trinajstić information content (AvgIpc) is 2.58. The molecule has 0 bridgehead atoms. The van der Waals surface area contributed by atoms with E-state index in [2.05, 4.69) is 15.1 Å². The van der Waals surface area contributed by atoms with Gasteiger partial charge in [-0.15, -0.1) is 0 Å². The van der Waals surface area contributed by atoms with Gasteiger partial charge in [-0.1, -0.05) is 0 Å². The number of nitrogens with zero attached hydrogens (tertiary/aromatic N) is 5. The zero-order valence-electron chi connectivity index (χ0n) is 8.47. The van der Waals surface area contributed by atoms with Gasteiger partial charge in [0.2, 0.25) is 0 Å². The number of rotatable bonds is 1. The average molecular weight is 199 g/mol. The van der Waals surface area contributed by atoms with E-state index in [1.54, 1.807) is 23.0 Å². The lowest BCUT2D eigenvalue weighted by molar-refractivity contribution is 0.825. The fourth-order valence-electron chi connectivity index (χ4n) is 1.34. The second-order valence-electron chi connectivity index (χ2n) is 3.13. The van der Waals surface area contributed by atoms with E-state index >= 15 is 0 Å². The Labute approximate surface area is 87.0 Å². The van der Waals surface area contributed by atoms with Gasteiger partial charge in [0, 0.05) is 0 Å². The SMILES string of the molecule is Cc1nc(C)n(-c2ccc(C#N)nc2)n1. The monoisotopic (exact) mass is 199 g/mol. The number of hydrogen-bond acceptors (Lipinski definition) is 4. The molecule has 0 aliphatic heterocycles. The molecule has 0 radical (unpaired) electrons. The van der Waals surface area contributed by atoms with Gasteiger partial charge in [0.25, 0.3) is 0 Å². The van der Waals surface area contributed by atoms with Crippen LogP contribution in [0.5, 0.6) is 0 Å². The molecular formula is C10H9N5. The van der Waals surface area contributed by atoms with Gasteiger partial charge in [-0.25, -0.2) is 14.6 Å². The van der Waals surface area contributed by atoms with Crippen LogP contribution in [0.2, 0.25) is 0 Å². The van der Waals surface area contributed by atoms with Crippen LogP contribution in [0.1, 0.15) is 17.3 Å². The summed E-state index contributed by atoms with van der Waals surface area (Å²) in [4.78, 5) is 8.16. The van der Waals surface area contributed by atoms with Crippen LogP contribution in [0, 0.1) is 25.2 Å². The largest absolute Gasteiger partial charge is 0.243 e. The molecule has 5 heteroatoms. The molecular weight excluding hydrogens is 190 g/mol.